The van der Waals surface area contributed by atoms with Crippen LogP contribution in [0.4, 0.5) is 0 Å². The van der Waals surface area contributed by atoms with Crippen LogP contribution in [0, 0.1) is 0 Å². The maximum atomic E-state index is 5.58. The fourth-order valence-corrected chi connectivity index (χ4v) is 2.97. The molecule has 1 fully saturated rings. The second-order valence-corrected chi connectivity index (χ2v) is 5.11. The number of ether oxygens (including phenoxy) is 1. The van der Waals surface area contributed by atoms with Crippen molar-refractivity contribution in [2.75, 3.05) is 13.7 Å². The molecule has 2 heterocycles. The lowest BCUT2D eigenvalue weighted by Gasteiger charge is -2.21. The topological polar surface area (TPSA) is 34.1 Å². The van der Waals surface area contributed by atoms with Crippen molar-refractivity contribution in [1.82, 2.24) is 10.3 Å². The van der Waals surface area contributed by atoms with Crippen molar-refractivity contribution in [3.63, 3.8) is 0 Å². The Morgan fingerprint density at radius 2 is 2.16 bits per heavy atom. The Bertz CT molecular complexity index is 560. The zero-order valence-corrected chi connectivity index (χ0v) is 11.4. The van der Waals surface area contributed by atoms with Gasteiger partial charge in [-0.15, -0.1) is 0 Å². The highest BCUT2D eigenvalue weighted by Gasteiger charge is 2.20. The summed E-state index contributed by atoms with van der Waals surface area (Å²) in [5, 5.41) is 4.87. The molecule has 0 bridgehead atoms. The molecule has 1 aliphatic heterocycles. The van der Waals surface area contributed by atoms with Gasteiger partial charge in [0.25, 0.3) is 0 Å². The molecule has 19 heavy (non-hydrogen) atoms. The van der Waals surface area contributed by atoms with E-state index >= 15 is 0 Å². The fourth-order valence-electron chi connectivity index (χ4n) is 2.97. The van der Waals surface area contributed by atoms with Gasteiger partial charge in [-0.25, -0.2) is 0 Å². The number of nitrogens with one attached hydrogen (secondary N) is 1. The lowest BCUT2D eigenvalue weighted by atomic mass is 9.96. The number of fused-ring (bicyclic) bond motifs is 1. The van der Waals surface area contributed by atoms with E-state index in [1.165, 1.54) is 36.6 Å². The fraction of sp³-hybridized carbons (Fsp3) is 0.438. The Morgan fingerprint density at radius 3 is 3.05 bits per heavy atom. The standard InChI is InChI=1S/C16H20N2O/c1-19-15-9-8-13-12(6-5-11-17-13)16(15)14-7-3-2-4-10-18-14/h5-6,8-9,11,14,18H,2-4,7,10H2,1H3. The van der Waals surface area contributed by atoms with Crippen LogP contribution < -0.4 is 10.1 Å². The summed E-state index contributed by atoms with van der Waals surface area (Å²) in [6.07, 6.45) is 6.87. The van der Waals surface area contributed by atoms with E-state index in [2.05, 4.69) is 16.4 Å². The second-order valence-electron chi connectivity index (χ2n) is 5.11. The predicted octanol–water partition coefficient (Wildman–Crippen LogP) is 3.45. The molecule has 1 saturated heterocycles. The van der Waals surface area contributed by atoms with Crippen LogP contribution in [0.15, 0.2) is 30.5 Å². The van der Waals surface area contributed by atoms with E-state index in [1.807, 2.05) is 24.4 Å². The molecule has 3 nitrogen and oxygen atoms in total. The molecule has 1 atom stereocenters. The molecule has 3 rings (SSSR count). The molecule has 0 spiro atoms. The third kappa shape index (κ3) is 2.43. The Kier molecular flexibility index (Phi) is 3.65. The molecule has 1 unspecified atom stereocenters. The van der Waals surface area contributed by atoms with E-state index < -0.39 is 0 Å². The van der Waals surface area contributed by atoms with Crippen molar-refractivity contribution in [2.24, 2.45) is 0 Å². The summed E-state index contributed by atoms with van der Waals surface area (Å²) in [6.45, 7) is 1.09. The summed E-state index contributed by atoms with van der Waals surface area (Å²) in [6, 6.07) is 8.60. The van der Waals surface area contributed by atoms with Gasteiger partial charge < -0.3 is 10.1 Å². The predicted molar refractivity (Wildman–Crippen MR) is 77.5 cm³/mol. The van der Waals surface area contributed by atoms with Gasteiger partial charge in [-0.05, 0) is 37.6 Å². The van der Waals surface area contributed by atoms with Crippen molar-refractivity contribution in [3.05, 3.63) is 36.0 Å². The van der Waals surface area contributed by atoms with E-state index in [-0.39, 0.29) is 0 Å². The number of methoxy groups -OCH3 is 1. The lowest BCUT2D eigenvalue weighted by Crippen LogP contribution is -2.21. The Morgan fingerprint density at radius 1 is 1.21 bits per heavy atom. The van der Waals surface area contributed by atoms with Gasteiger partial charge in [0.05, 0.1) is 12.6 Å². The van der Waals surface area contributed by atoms with Gasteiger partial charge in [0, 0.05) is 23.2 Å². The number of rotatable bonds is 2. The first kappa shape index (κ1) is 12.4. The molecule has 1 aliphatic rings. The van der Waals surface area contributed by atoms with Crippen molar-refractivity contribution in [3.8, 4) is 5.75 Å². The van der Waals surface area contributed by atoms with Crippen LogP contribution in [0.1, 0.15) is 37.3 Å². The minimum atomic E-state index is 0.380. The maximum absolute atomic E-state index is 5.58. The summed E-state index contributed by atoms with van der Waals surface area (Å²) >= 11 is 0. The lowest BCUT2D eigenvalue weighted by molar-refractivity contribution is 0.399. The van der Waals surface area contributed by atoms with Gasteiger partial charge >= 0.3 is 0 Å². The number of hydrogen-bond donors (Lipinski definition) is 1. The molecule has 100 valence electrons. The summed E-state index contributed by atoms with van der Waals surface area (Å²) in [5.74, 6) is 0.972. The quantitative estimate of drug-likeness (QED) is 0.893. The van der Waals surface area contributed by atoms with E-state index in [1.54, 1.807) is 7.11 Å². The Balaban J connectivity index is 2.12. The maximum Gasteiger partial charge on any atom is 0.124 e. The highest BCUT2D eigenvalue weighted by Crippen LogP contribution is 2.35. The van der Waals surface area contributed by atoms with E-state index in [0.29, 0.717) is 6.04 Å². The molecule has 1 N–H and O–H groups in total. The number of hydrogen-bond acceptors (Lipinski definition) is 3. The first-order valence-electron chi connectivity index (χ1n) is 7.05. The van der Waals surface area contributed by atoms with Crippen LogP contribution in [0.5, 0.6) is 5.75 Å². The Hall–Kier alpha value is -1.61. The molecule has 0 radical (unpaired) electrons. The van der Waals surface area contributed by atoms with Crippen molar-refractivity contribution in [2.45, 2.75) is 31.7 Å². The van der Waals surface area contributed by atoms with E-state index in [9.17, 15) is 0 Å². The second kappa shape index (κ2) is 5.57. The van der Waals surface area contributed by atoms with Gasteiger partial charge in [0.15, 0.2) is 0 Å². The molecular formula is C16H20N2O. The van der Waals surface area contributed by atoms with Gasteiger partial charge in [-0.2, -0.15) is 0 Å². The number of benzene rings is 1. The van der Waals surface area contributed by atoms with Gasteiger partial charge in [0.1, 0.15) is 5.75 Å². The molecule has 1 aromatic carbocycles. The number of pyridine rings is 1. The van der Waals surface area contributed by atoms with Crippen LogP contribution in [-0.2, 0) is 0 Å². The van der Waals surface area contributed by atoms with Gasteiger partial charge in [0.2, 0.25) is 0 Å². The van der Waals surface area contributed by atoms with Crippen LogP contribution in [0.25, 0.3) is 10.9 Å². The molecule has 1 aromatic heterocycles. The average Bonchev–Trinajstić information content (AvgIpc) is 2.75. The first-order valence-corrected chi connectivity index (χ1v) is 7.05. The van der Waals surface area contributed by atoms with Gasteiger partial charge in [-0.1, -0.05) is 18.9 Å². The summed E-state index contributed by atoms with van der Waals surface area (Å²) in [5.41, 5.74) is 2.32. The monoisotopic (exact) mass is 256 g/mol. The minimum Gasteiger partial charge on any atom is -0.496 e. The van der Waals surface area contributed by atoms with Crippen LogP contribution in [0.2, 0.25) is 0 Å². The molecule has 2 aromatic rings. The largest absolute Gasteiger partial charge is 0.496 e. The normalized spacial score (nSPS) is 20.2. The van der Waals surface area contributed by atoms with Crippen LogP contribution in [0.3, 0.4) is 0 Å². The molecule has 0 aliphatic carbocycles. The summed E-state index contributed by atoms with van der Waals surface area (Å²) < 4.78 is 5.58. The highest BCUT2D eigenvalue weighted by atomic mass is 16.5. The number of nitrogens with zero attached hydrogens (tertiary/aromatic N) is 1. The van der Waals surface area contributed by atoms with Crippen LogP contribution in [-0.4, -0.2) is 18.6 Å². The first-order chi connectivity index (χ1) is 9.40. The summed E-state index contributed by atoms with van der Waals surface area (Å²) in [7, 11) is 1.75. The Labute approximate surface area is 114 Å². The minimum absolute atomic E-state index is 0.380. The SMILES string of the molecule is COc1ccc2ncccc2c1C1CCCCCN1. The van der Waals surface area contributed by atoms with E-state index in [0.717, 1.165) is 17.8 Å². The summed E-state index contributed by atoms with van der Waals surface area (Å²) in [4.78, 5) is 4.45. The molecule has 0 amide bonds. The molecular weight excluding hydrogens is 236 g/mol. The third-order valence-corrected chi connectivity index (χ3v) is 3.92. The smallest absolute Gasteiger partial charge is 0.124 e. The zero-order valence-electron chi connectivity index (χ0n) is 11.4. The van der Waals surface area contributed by atoms with Crippen molar-refractivity contribution < 1.29 is 4.74 Å². The van der Waals surface area contributed by atoms with Crippen molar-refractivity contribution in [1.29, 1.82) is 0 Å². The van der Waals surface area contributed by atoms with Gasteiger partial charge in [-0.3, -0.25) is 4.98 Å². The van der Waals surface area contributed by atoms with E-state index in [4.69, 9.17) is 4.74 Å². The molecule has 3 heteroatoms. The zero-order chi connectivity index (χ0) is 13.1. The average molecular weight is 256 g/mol. The van der Waals surface area contributed by atoms with Crippen LogP contribution >= 0.6 is 0 Å². The molecule has 0 saturated carbocycles. The highest BCUT2D eigenvalue weighted by molar-refractivity contribution is 5.85. The third-order valence-electron chi connectivity index (χ3n) is 3.92. The van der Waals surface area contributed by atoms with Crippen molar-refractivity contribution >= 4 is 10.9 Å². The number of aromatic nitrogens is 1.